The largest absolute Gasteiger partial charge is 0.465 e. The first kappa shape index (κ1) is 17.2. The Kier molecular flexibility index (Phi) is 6.41. The number of rotatable bonds is 6. The monoisotopic (exact) mass is 294 g/mol. The lowest BCUT2D eigenvalue weighted by atomic mass is 9.66. The van der Waals surface area contributed by atoms with Crippen LogP contribution in [0.5, 0.6) is 0 Å². The molecule has 0 radical (unpaired) electrons. The van der Waals surface area contributed by atoms with Crippen molar-refractivity contribution in [3.05, 3.63) is 0 Å². The van der Waals surface area contributed by atoms with Crippen molar-refractivity contribution in [1.29, 1.82) is 0 Å². The third-order valence-corrected chi connectivity index (χ3v) is 3.84. The lowest BCUT2D eigenvalue weighted by molar-refractivity contribution is -0.177. The summed E-state index contributed by atoms with van der Waals surface area (Å²) in [6.45, 7) is 3.61. The summed E-state index contributed by atoms with van der Waals surface area (Å²) in [7, 11) is 0. The molecule has 0 aromatic heterocycles. The second kappa shape index (κ2) is 7.82. The Labute approximate surface area is 125 Å². The predicted molar refractivity (Wildman–Crippen MR) is 76.1 cm³/mol. The van der Waals surface area contributed by atoms with Crippen LogP contribution >= 0.6 is 0 Å². The van der Waals surface area contributed by atoms with Crippen LogP contribution in [0.4, 0.5) is 0 Å². The maximum absolute atomic E-state index is 12.4. The topological polar surface area (TPSA) is 69.7 Å². The molecule has 1 saturated carbocycles. The van der Waals surface area contributed by atoms with Crippen molar-refractivity contribution in [3.63, 3.8) is 0 Å². The highest BCUT2D eigenvalue weighted by Gasteiger charge is 2.55. The van der Waals surface area contributed by atoms with E-state index in [-0.39, 0.29) is 31.8 Å². The van der Waals surface area contributed by atoms with E-state index >= 15 is 0 Å². The minimum Gasteiger partial charge on any atom is -0.465 e. The molecule has 1 fully saturated rings. The number of carbonyl (C=O) groups is 3. The fourth-order valence-electron chi connectivity index (χ4n) is 2.83. The summed E-state index contributed by atoms with van der Waals surface area (Å²) in [6, 6.07) is 0. The maximum atomic E-state index is 12.4. The zero-order chi connectivity index (χ0) is 15.9. The number of terminal acetylenes is 1. The number of esters is 2. The third-order valence-electron chi connectivity index (χ3n) is 3.84. The van der Waals surface area contributed by atoms with Gasteiger partial charge in [-0.1, -0.05) is 0 Å². The summed E-state index contributed by atoms with van der Waals surface area (Å²) in [5.41, 5.74) is -1.56. The summed E-state index contributed by atoms with van der Waals surface area (Å²) < 4.78 is 10.1. The van der Waals surface area contributed by atoms with E-state index in [0.717, 1.165) is 0 Å². The Morgan fingerprint density at radius 3 is 2.29 bits per heavy atom. The highest BCUT2D eigenvalue weighted by Crippen LogP contribution is 2.42. The Bertz CT molecular complexity index is 428. The summed E-state index contributed by atoms with van der Waals surface area (Å²) in [6.07, 6.45) is 7.15. The summed E-state index contributed by atoms with van der Waals surface area (Å²) >= 11 is 0. The Balaban J connectivity index is 3.21. The molecule has 1 rings (SSSR count). The van der Waals surface area contributed by atoms with Gasteiger partial charge < -0.3 is 9.47 Å². The SMILES string of the molecule is C#CCC(C(=O)OCC)(C(=O)OCC)[C@@H]1CCCC(=O)C1. The van der Waals surface area contributed by atoms with Gasteiger partial charge in [-0.15, -0.1) is 12.3 Å². The molecular weight excluding hydrogens is 272 g/mol. The van der Waals surface area contributed by atoms with Gasteiger partial charge in [0, 0.05) is 19.3 Å². The van der Waals surface area contributed by atoms with Crippen molar-refractivity contribution in [1.82, 2.24) is 0 Å². The predicted octanol–water partition coefficient (Wildman–Crippen LogP) is 1.88. The van der Waals surface area contributed by atoms with Gasteiger partial charge in [0.05, 0.1) is 13.2 Å². The number of Topliss-reactive ketones (excluding diaryl/α,β-unsaturated/α-hetero) is 1. The van der Waals surface area contributed by atoms with E-state index in [2.05, 4.69) is 5.92 Å². The normalized spacial score (nSPS) is 18.7. The molecule has 0 aliphatic heterocycles. The molecule has 0 amide bonds. The molecule has 0 N–H and O–H groups in total. The smallest absolute Gasteiger partial charge is 0.324 e. The molecule has 21 heavy (non-hydrogen) atoms. The Hall–Kier alpha value is -1.83. The molecule has 1 aliphatic rings. The summed E-state index contributed by atoms with van der Waals surface area (Å²) in [5, 5.41) is 0. The fourth-order valence-corrected chi connectivity index (χ4v) is 2.83. The van der Waals surface area contributed by atoms with Crippen LogP contribution in [-0.2, 0) is 23.9 Å². The van der Waals surface area contributed by atoms with Crippen molar-refractivity contribution in [2.75, 3.05) is 13.2 Å². The molecule has 1 atom stereocenters. The van der Waals surface area contributed by atoms with Crippen LogP contribution in [0.2, 0.25) is 0 Å². The van der Waals surface area contributed by atoms with Crippen molar-refractivity contribution >= 4 is 17.7 Å². The van der Waals surface area contributed by atoms with Gasteiger partial charge in [-0.05, 0) is 32.6 Å². The zero-order valence-corrected chi connectivity index (χ0v) is 12.6. The molecule has 5 nitrogen and oxygen atoms in total. The molecule has 0 saturated heterocycles. The number of ether oxygens (including phenoxy) is 2. The standard InChI is InChI=1S/C16H22O5/c1-4-10-16(14(18)20-5-2,15(19)21-6-3)12-8-7-9-13(17)11-12/h1,12H,5-11H2,2-3H3/t12-/m1/s1. The number of carbonyl (C=O) groups excluding carboxylic acids is 3. The maximum Gasteiger partial charge on any atom is 0.324 e. The summed E-state index contributed by atoms with van der Waals surface area (Å²) in [4.78, 5) is 36.6. The number of hydrogen-bond donors (Lipinski definition) is 0. The van der Waals surface area contributed by atoms with Gasteiger partial charge in [-0.3, -0.25) is 14.4 Å². The minimum atomic E-state index is -1.56. The van der Waals surface area contributed by atoms with E-state index in [1.165, 1.54) is 0 Å². The molecule has 0 aromatic carbocycles. The van der Waals surface area contributed by atoms with Crippen molar-refractivity contribution in [2.24, 2.45) is 11.3 Å². The van der Waals surface area contributed by atoms with E-state index in [9.17, 15) is 14.4 Å². The van der Waals surface area contributed by atoms with E-state index in [1.54, 1.807) is 13.8 Å². The van der Waals surface area contributed by atoms with Gasteiger partial charge in [-0.2, -0.15) is 0 Å². The molecule has 116 valence electrons. The Morgan fingerprint density at radius 2 is 1.86 bits per heavy atom. The number of hydrogen-bond acceptors (Lipinski definition) is 5. The molecule has 0 spiro atoms. The van der Waals surface area contributed by atoms with Gasteiger partial charge in [-0.25, -0.2) is 0 Å². The molecule has 1 aliphatic carbocycles. The van der Waals surface area contributed by atoms with Crippen LogP contribution in [0.3, 0.4) is 0 Å². The van der Waals surface area contributed by atoms with E-state index in [1.807, 2.05) is 0 Å². The molecule has 0 bridgehead atoms. The fraction of sp³-hybridized carbons (Fsp3) is 0.688. The average Bonchev–Trinajstić information content (AvgIpc) is 2.45. The van der Waals surface area contributed by atoms with Gasteiger partial charge in [0.25, 0.3) is 0 Å². The van der Waals surface area contributed by atoms with Gasteiger partial charge >= 0.3 is 11.9 Å². The Morgan fingerprint density at radius 1 is 1.29 bits per heavy atom. The van der Waals surface area contributed by atoms with Gasteiger partial charge in [0.1, 0.15) is 5.78 Å². The van der Waals surface area contributed by atoms with E-state index in [4.69, 9.17) is 15.9 Å². The van der Waals surface area contributed by atoms with Crippen LogP contribution in [0.1, 0.15) is 46.0 Å². The van der Waals surface area contributed by atoms with Crippen LogP contribution in [0.25, 0.3) is 0 Å². The van der Waals surface area contributed by atoms with Gasteiger partial charge in [0.15, 0.2) is 5.41 Å². The first-order chi connectivity index (χ1) is 10.0. The van der Waals surface area contributed by atoms with Crippen LogP contribution < -0.4 is 0 Å². The first-order valence-corrected chi connectivity index (χ1v) is 7.32. The van der Waals surface area contributed by atoms with Crippen LogP contribution in [0, 0.1) is 23.7 Å². The van der Waals surface area contributed by atoms with Crippen LogP contribution in [-0.4, -0.2) is 30.9 Å². The lowest BCUT2D eigenvalue weighted by Crippen LogP contribution is -2.49. The number of ketones is 1. The molecule has 0 aromatic rings. The van der Waals surface area contributed by atoms with Crippen LogP contribution in [0.15, 0.2) is 0 Å². The molecule has 5 heteroatoms. The van der Waals surface area contributed by atoms with Crippen molar-refractivity contribution in [2.45, 2.75) is 46.0 Å². The third kappa shape index (κ3) is 3.63. The highest BCUT2D eigenvalue weighted by molar-refractivity contribution is 6.01. The quantitative estimate of drug-likeness (QED) is 0.425. The second-order valence-electron chi connectivity index (χ2n) is 5.13. The van der Waals surface area contributed by atoms with Crippen molar-refractivity contribution in [3.8, 4) is 12.3 Å². The molecular formula is C16H22O5. The minimum absolute atomic E-state index is 0.0428. The second-order valence-corrected chi connectivity index (χ2v) is 5.13. The molecule has 0 unspecified atom stereocenters. The van der Waals surface area contributed by atoms with E-state index in [0.29, 0.717) is 19.3 Å². The lowest BCUT2D eigenvalue weighted by Gasteiger charge is -2.36. The van der Waals surface area contributed by atoms with Gasteiger partial charge in [0.2, 0.25) is 0 Å². The molecule has 0 heterocycles. The zero-order valence-electron chi connectivity index (χ0n) is 12.6. The van der Waals surface area contributed by atoms with E-state index < -0.39 is 23.3 Å². The summed E-state index contributed by atoms with van der Waals surface area (Å²) in [5.74, 6) is 0.619. The first-order valence-electron chi connectivity index (χ1n) is 7.32. The van der Waals surface area contributed by atoms with Crippen molar-refractivity contribution < 1.29 is 23.9 Å². The highest BCUT2D eigenvalue weighted by atomic mass is 16.6. The average molecular weight is 294 g/mol.